The topological polar surface area (TPSA) is 68.0 Å². The van der Waals surface area contributed by atoms with Crippen LogP contribution in [0.3, 0.4) is 0 Å². The summed E-state index contributed by atoms with van der Waals surface area (Å²) in [5.74, 6) is -0.731. The number of nitriles is 1. The molecule has 2 rings (SSSR count). The van der Waals surface area contributed by atoms with Gasteiger partial charge in [0.2, 0.25) is 0 Å². The number of hydrogen-bond donors (Lipinski definition) is 0. The lowest BCUT2D eigenvalue weighted by Gasteiger charge is -2.12. The fourth-order valence-electron chi connectivity index (χ4n) is 1.29. The van der Waals surface area contributed by atoms with Gasteiger partial charge in [0.1, 0.15) is 11.8 Å². The molecule has 1 heterocycles. The molecule has 0 aliphatic heterocycles. The van der Waals surface area contributed by atoms with E-state index in [1.807, 2.05) is 0 Å². The van der Waals surface area contributed by atoms with Crippen LogP contribution in [0.4, 0.5) is 13.2 Å². The minimum atomic E-state index is -4.84. The molecule has 0 saturated heterocycles. The number of ether oxygens (including phenoxy) is 2. The Hall–Kier alpha value is -2.82. The monoisotopic (exact) mass is 281 g/mol. The van der Waals surface area contributed by atoms with Crippen LogP contribution in [0, 0.1) is 11.3 Å². The summed E-state index contributed by atoms with van der Waals surface area (Å²) >= 11 is 0. The van der Waals surface area contributed by atoms with E-state index in [1.54, 1.807) is 6.07 Å². The van der Waals surface area contributed by atoms with Gasteiger partial charge >= 0.3 is 12.4 Å². The van der Waals surface area contributed by atoms with Gasteiger partial charge in [0, 0.05) is 6.20 Å². The molecule has 0 spiro atoms. The third-order valence-corrected chi connectivity index (χ3v) is 2.02. The van der Waals surface area contributed by atoms with Crippen molar-refractivity contribution in [3.63, 3.8) is 0 Å². The molecule has 0 radical (unpaired) electrons. The molecular weight excluding hydrogens is 275 g/mol. The van der Waals surface area contributed by atoms with Gasteiger partial charge in [0.25, 0.3) is 0 Å². The molecule has 1 aromatic carbocycles. The summed E-state index contributed by atoms with van der Waals surface area (Å²) in [6.07, 6.45) is -3.58. The smallest absolute Gasteiger partial charge is 0.420 e. The summed E-state index contributed by atoms with van der Waals surface area (Å²) in [5, 5.41) is 8.67. The molecule has 102 valence electrons. The molecule has 2 aromatic rings. The average molecular weight is 281 g/mol. The van der Waals surface area contributed by atoms with Crippen LogP contribution in [-0.2, 0) is 0 Å². The summed E-state index contributed by atoms with van der Waals surface area (Å²) in [6.45, 7) is 0. The van der Waals surface area contributed by atoms with Crippen molar-refractivity contribution in [2.75, 3.05) is 0 Å². The Morgan fingerprint density at radius 1 is 1.10 bits per heavy atom. The van der Waals surface area contributed by atoms with E-state index < -0.39 is 12.1 Å². The summed E-state index contributed by atoms with van der Waals surface area (Å²) in [5.41, 5.74) is 0.0317. The van der Waals surface area contributed by atoms with E-state index in [1.165, 1.54) is 30.5 Å². The van der Waals surface area contributed by atoms with Crippen molar-refractivity contribution in [3.8, 4) is 23.6 Å². The third-order valence-electron chi connectivity index (χ3n) is 2.02. The summed E-state index contributed by atoms with van der Waals surface area (Å²) < 4.78 is 45.6. The molecule has 0 bridgehead atoms. The third kappa shape index (κ3) is 3.58. The number of alkyl halides is 3. The SMILES string of the molecule is N#Cc1ccnc(Oc2ccccc2OC(F)(F)F)n1. The molecule has 0 N–H and O–H groups in total. The van der Waals surface area contributed by atoms with Crippen LogP contribution in [0.5, 0.6) is 17.5 Å². The molecule has 0 aliphatic rings. The number of aromatic nitrogens is 2. The summed E-state index contributed by atoms with van der Waals surface area (Å²) in [6, 6.07) is 8.04. The second-order valence-corrected chi connectivity index (χ2v) is 3.43. The highest BCUT2D eigenvalue weighted by Gasteiger charge is 2.32. The van der Waals surface area contributed by atoms with Crippen LogP contribution in [0.15, 0.2) is 36.5 Å². The van der Waals surface area contributed by atoms with Gasteiger partial charge in [-0.15, -0.1) is 13.2 Å². The predicted octanol–water partition coefficient (Wildman–Crippen LogP) is 3.04. The van der Waals surface area contributed by atoms with E-state index in [2.05, 4.69) is 14.7 Å². The molecule has 0 unspecified atom stereocenters. The molecule has 0 saturated carbocycles. The number of para-hydroxylation sites is 2. The van der Waals surface area contributed by atoms with Gasteiger partial charge in [0.15, 0.2) is 11.5 Å². The van der Waals surface area contributed by atoms with Crippen LogP contribution in [0.25, 0.3) is 0 Å². The quantitative estimate of drug-likeness (QED) is 0.864. The molecule has 0 fully saturated rings. The van der Waals surface area contributed by atoms with Crippen molar-refractivity contribution in [2.45, 2.75) is 6.36 Å². The first-order valence-electron chi connectivity index (χ1n) is 5.24. The van der Waals surface area contributed by atoms with Gasteiger partial charge < -0.3 is 9.47 Å². The first-order valence-corrected chi connectivity index (χ1v) is 5.24. The normalized spacial score (nSPS) is 10.7. The number of nitrogens with zero attached hydrogens (tertiary/aromatic N) is 3. The lowest BCUT2D eigenvalue weighted by Crippen LogP contribution is -2.17. The molecule has 0 amide bonds. The highest BCUT2D eigenvalue weighted by molar-refractivity contribution is 5.41. The maximum absolute atomic E-state index is 12.2. The number of halogens is 3. The average Bonchev–Trinajstić information content (AvgIpc) is 2.40. The van der Waals surface area contributed by atoms with Gasteiger partial charge in [-0.3, -0.25) is 0 Å². The Kier molecular flexibility index (Phi) is 3.70. The van der Waals surface area contributed by atoms with Crippen molar-refractivity contribution >= 4 is 0 Å². The highest BCUT2D eigenvalue weighted by Crippen LogP contribution is 2.33. The van der Waals surface area contributed by atoms with Crippen LogP contribution in [-0.4, -0.2) is 16.3 Å². The van der Waals surface area contributed by atoms with Gasteiger partial charge in [-0.05, 0) is 18.2 Å². The fourth-order valence-corrected chi connectivity index (χ4v) is 1.29. The van der Waals surface area contributed by atoms with Crippen LogP contribution in [0.1, 0.15) is 5.69 Å². The Morgan fingerprint density at radius 2 is 1.80 bits per heavy atom. The Labute approximate surface area is 111 Å². The van der Waals surface area contributed by atoms with E-state index in [9.17, 15) is 13.2 Å². The van der Waals surface area contributed by atoms with Gasteiger partial charge in [-0.1, -0.05) is 12.1 Å². The zero-order valence-corrected chi connectivity index (χ0v) is 9.76. The number of hydrogen-bond acceptors (Lipinski definition) is 5. The van der Waals surface area contributed by atoms with E-state index in [0.29, 0.717) is 0 Å². The Balaban J connectivity index is 2.27. The van der Waals surface area contributed by atoms with E-state index in [4.69, 9.17) is 10.00 Å². The first-order chi connectivity index (χ1) is 9.48. The standard InChI is InChI=1S/C12H6F3N3O2/c13-12(14,15)20-10-4-2-1-3-9(10)19-11-17-6-5-8(7-16)18-11/h1-6H. The minimum Gasteiger partial charge on any atom is -0.420 e. The van der Waals surface area contributed by atoms with E-state index >= 15 is 0 Å². The molecule has 20 heavy (non-hydrogen) atoms. The lowest BCUT2D eigenvalue weighted by atomic mass is 10.3. The summed E-state index contributed by atoms with van der Waals surface area (Å²) in [7, 11) is 0. The fraction of sp³-hybridized carbons (Fsp3) is 0.0833. The molecule has 0 atom stereocenters. The van der Waals surface area contributed by atoms with Crippen molar-refractivity contribution in [2.24, 2.45) is 0 Å². The molecular formula is C12H6F3N3O2. The maximum atomic E-state index is 12.2. The van der Waals surface area contributed by atoms with Gasteiger partial charge in [-0.25, -0.2) is 4.98 Å². The zero-order valence-electron chi connectivity index (χ0n) is 9.76. The molecule has 5 nitrogen and oxygen atoms in total. The van der Waals surface area contributed by atoms with Crippen LogP contribution < -0.4 is 9.47 Å². The largest absolute Gasteiger partial charge is 0.573 e. The maximum Gasteiger partial charge on any atom is 0.573 e. The second kappa shape index (κ2) is 5.44. The number of benzene rings is 1. The Bertz CT molecular complexity index is 653. The van der Waals surface area contributed by atoms with Crippen molar-refractivity contribution in [1.82, 2.24) is 9.97 Å². The predicted molar refractivity (Wildman–Crippen MR) is 59.9 cm³/mol. The molecule has 1 aromatic heterocycles. The molecule has 0 aliphatic carbocycles. The minimum absolute atomic E-state index is 0.0317. The zero-order chi connectivity index (χ0) is 14.6. The Morgan fingerprint density at radius 3 is 2.45 bits per heavy atom. The van der Waals surface area contributed by atoms with Crippen LogP contribution in [0.2, 0.25) is 0 Å². The summed E-state index contributed by atoms with van der Waals surface area (Å²) in [4.78, 5) is 7.39. The van der Waals surface area contributed by atoms with Crippen molar-refractivity contribution in [3.05, 3.63) is 42.2 Å². The van der Waals surface area contributed by atoms with E-state index in [-0.39, 0.29) is 17.5 Å². The van der Waals surface area contributed by atoms with Crippen molar-refractivity contribution in [1.29, 1.82) is 5.26 Å². The lowest BCUT2D eigenvalue weighted by molar-refractivity contribution is -0.275. The van der Waals surface area contributed by atoms with Crippen molar-refractivity contribution < 1.29 is 22.6 Å². The second-order valence-electron chi connectivity index (χ2n) is 3.43. The highest BCUT2D eigenvalue weighted by atomic mass is 19.4. The van der Waals surface area contributed by atoms with Crippen LogP contribution >= 0.6 is 0 Å². The van der Waals surface area contributed by atoms with Gasteiger partial charge in [-0.2, -0.15) is 10.2 Å². The first kappa shape index (κ1) is 13.6. The van der Waals surface area contributed by atoms with Gasteiger partial charge in [0.05, 0.1) is 0 Å². The number of rotatable bonds is 3. The van der Waals surface area contributed by atoms with E-state index in [0.717, 1.165) is 6.07 Å². The molecule has 8 heteroatoms.